The first-order chi connectivity index (χ1) is 9.78. The monoisotopic (exact) mass is 315 g/mol. The van der Waals surface area contributed by atoms with Crippen molar-refractivity contribution in [2.24, 2.45) is 0 Å². The smallest absolute Gasteiger partial charge is 0.243 e. The SMILES string of the molecule is CNC(=O)C1CCCN1S(=O)(=O)c1cc(N)c(C)c(F)c1. The fraction of sp³-hybridized carbons (Fsp3) is 0.462. The van der Waals surface area contributed by atoms with Gasteiger partial charge in [-0.2, -0.15) is 4.31 Å². The molecule has 0 aliphatic carbocycles. The number of hydrogen-bond acceptors (Lipinski definition) is 4. The lowest BCUT2D eigenvalue weighted by Gasteiger charge is -2.23. The van der Waals surface area contributed by atoms with Crippen LogP contribution in [-0.4, -0.2) is 38.3 Å². The Balaban J connectivity index is 2.45. The third-order valence-corrected chi connectivity index (χ3v) is 5.60. The molecular formula is C13H18FN3O3S. The van der Waals surface area contributed by atoms with E-state index in [0.29, 0.717) is 12.8 Å². The summed E-state index contributed by atoms with van der Waals surface area (Å²) in [6.07, 6.45) is 1.03. The van der Waals surface area contributed by atoms with Gasteiger partial charge in [-0.25, -0.2) is 12.8 Å². The Morgan fingerprint density at radius 3 is 2.71 bits per heavy atom. The molecule has 1 fully saturated rings. The molecule has 116 valence electrons. The highest BCUT2D eigenvalue weighted by atomic mass is 32.2. The van der Waals surface area contributed by atoms with Crippen LogP contribution in [0.15, 0.2) is 17.0 Å². The van der Waals surface area contributed by atoms with Gasteiger partial charge in [-0.05, 0) is 31.9 Å². The Kier molecular flexibility index (Phi) is 4.20. The second-order valence-corrected chi connectivity index (χ2v) is 6.90. The number of likely N-dealkylation sites (N-methyl/N-ethyl adjacent to an activating group) is 1. The van der Waals surface area contributed by atoms with E-state index in [1.54, 1.807) is 0 Å². The number of amides is 1. The molecule has 1 heterocycles. The Bertz CT molecular complexity index is 652. The lowest BCUT2D eigenvalue weighted by atomic mass is 10.2. The predicted molar refractivity (Wildman–Crippen MR) is 76.5 cm³/mol. The van der Waals surface area contributed by atoms with Gasteiger partial charge in [0.2, 0.25) is 15.9 Å². The summed E-state index contributed by atoms with van der Waals surface area (Å²) in [4.78, 5) is 11.6. The molecule has 0 radical (unpaired) electrons. The van der Waals surface area contributed by atoms with E-state index in [2.05, 4.69) is 5.32 Å². The van der Waals surface area contributed by atoms with Crippen LogP contribution >= 0.6 is 0 Å². The number of rotatable bonds is 3. The number of nitrogens with two attached hydrogens (primary N) is 1. The largest absolute Gasteiger partial charge is 0.398 e. The normalized spacial score (nSPS) is 19.7. The summed E-state index contributed by atoms with van der Waals surface area (Å²) in [5.41, 5.74) is 5.92. The van der Waals surface area contributed by atoms with Crippen LogP contribution in [0.5, 0.6) is 0 Å². The highest BCUT2D eigenvalue weighted by Gasteiger charge is 2.39. The van der Waals surface area contributed by atoms with Crippen molar-refractivity contribution in [3.63, 3.8) is 0 Å². The third-order valence-electron chi connectivity index (χ3n) is 3.72. The summed E-state index contributed by atoms with van der Waals surface area (Å²) in [6.45, 7) is 1.71. The van der Waals surface area contributed by atoms with E-state index in [1.165, 1.54) is 20.0 Å². The maximum Gasteiger partial charge on any atom is 0.243 e. The molecule has 0 aromatic heterocycles. The van der Waals surface area contributed by atoms with Crippen molar-refractivity contribution in [1.29, 1.82) is 0 Å². The Morgan fingerprint density at radius 2 is 2.14 bits per heavy atom. The zero-order chi connectivity index (χ0) is 15.8. The number of hydrogen-bond donors (Lipinski definition) is 2. The first-order valence-corrected chi connectivity index (χ1v) is 8.02. The molecule has 1 amide bonds. The summed E-state index contributed by atoms with van der Waals surface area (Å²) in [5, 5.41) is 2.45. The summed E-state index contributed by atoms with van der Waals surface area (Å²) in [7, 11) is -2.50. The lowest BCUT2D eigenvalue weighted by Crippen LogP contribution is -2.44. The van der Waals surface area contributed by atoms with E-state index in [-0.39, 0.29) is 28.6 Å². The van der Waals surface area contributed by atoms with Gasteiger partial charge in [-0.1, -0.05) is 0 Å². The van der Waals surface area contributed by atoms with Gasteiger partial charge < -0.3 is 11.1 Å². The second-order valence-electron chi connectivity index (χ2n) is 5.01. The zero-order valence-electron chi connectivity index (χ0n) is 11.9. The van der Waals surface area contributed by atoms with E-state index in [4.69, 9.17) is 5.73 Å². The summed E-state index contributed by atoms with van der Waals surface area (Å²) >= 11 is 0. The van der Waals surface area contributed by atoms with E-state index in [1.807, 2.05) is 0 Å². The molecule has 0 saturated carbocycles. The van der Waals surface area contributed by atoms with E-state index in [9.17, 15) is 17.6 Å². The molecule has 1 unspecified atom stereocenters. The molecule has 2 rings (SSSR count). The lowest BCUT2D eigenvalue weighted by molar-refractivity contribution is -0.123. The molecule has 8 heteroatoms. The van der Waals surface area contributed by atoms with Crippen LogP contribution in [0.25, 0.3) is 0 Å². The molecule has 0 spiro atoms. The molecule has 1 saturated heterocycles. The van der Waals surface area contributed by atoms with Crippen molar-refractivity contribution in [3.05, 3.63) is 23.5 Å². The van der Waals surface area contributed by atoms with Gasteiger partial charge in [0.15, 0.2) is 0 Å². The zero-order valence-corrected chi connectivity index (χ0v) is 12.7. The molecule has 0 bridgehead atoms. The van der Waals surface area contributed by atoms with Crippen LogP contribution in [0.3, 0.4) is 0 Å². The predicted octanol–water partition coefficient (Wildman–Crippen LogP) is 0.615. The van der Waals surface area contributed by atoms with Crippen LogP contribution in [0, 0.1) is 12.7 Å². The number of anilines is 1. The van der Waals surface area contributed by atoms with E-state index in [0.717, 1.165) is 10.4 Å². The number of nitrogens with zero attached hydrogens (tertiary/aromatic N) is 1. The minimum atomic E-state index is -3.95. The fourth-order valence-corrected chi connectivity index (χ4v) is 4.12. The number of sulfonamides is 1. The molecule has 1 aliphatic heterocycles. The summed E-state index contributed by atoms with van der Waals surface area (Å²) in [6, 6.07) is 1.42. The Morgan fingerprint density at radius 1 is 1.48 bits per heavy atom. The van der Waals surface area contributed by atoms with Crippen LogP contribution in [0.2, 0.25) is 0 Å². The van der Waals surface area contributed by atoms with Crippen LogP contribution in [-0.2, 0) is 14.8 Å². The number of nitrogens with one attached hydrogen (secondary N) is 1. The first kappa shape index (κ1) is 15.7. The van der Waals surface area contributed by atoms with Crippen molar-refractivity contribution in [2.45, 2.75) is 30.7 Å². The third kappa shape index (κ3) is 2.73. The van der Waals surface area contributed by atoms with Crippen LogP contribution in [0.4, 0.5) is 10.1 Å². The van der Waals surface area contributed by atoms with Gasteiger partial charge in [0, 0.05) is 24.8 Å². The minimum Gasteiger partial charge on any atom is -0.398 e. The maximum absolute atomic E-state index is 13.7. The maximum atomic E-state index is 13.7. The molecule has 1 aromatic carbocycles. The highest BCUT2D eigenvalue weighted by molar-refractivity contribution is 7.89. The van der Waals surface area contributed by atoms with Crippen molar-refractivity contribution >= 4 is 21.6 Å². The molecule has 3 N–H and O–H groups in total. The number of nitrogen functional groups attached to an aromatic ring is 1. The van der Waals surface area contributed by atoms with Crippen molar-refractivity contribution < 1.29 is 17.6 Å². The van der Waals surface area contributed by atoms with E-state index >= 15 is 0 Å². The number of benzene rings is 1. The number of carbonyl (C=O) groups excluding carboxylic acids is 1. The molecule has 21 heavy (non-hydrogen) atoms. The number of halogens is 1. The average Bonchev–Trinajstić information content (AvgIpc) is 2.93. The van der Waals surface area contributed by atoms with Gasteiger partial charge in [-0.3, -0.25) is 4.79 Å². The molecule has 1 atom stereocenters. The minimum absolute atomic E-state index is 0.0734. The van der Waals surface area contributed by atoms with Crippen LogP contribution in [0.1, 0.15) is 18.4 Å². The summed E-state index contributed by atoms with van der Waals surface area (Å²) < 4.78 is 40.1. The summed E-state index contributed by atoms with van der Waals surface area (Å²) in [5.74, 6) is -1.04. The average molecular weight is 315 g/mol. The highest BCUT2D eigenvalue weighted by Crippen LogP contribution is 2.29. The van der Waals surface area contributed by atoms with Gasteiger partial charge in [0.05, 0.1) is 4.90 Å². The fourth-order valence-electron chi connectivity index (χ4n) is 2.42. The Hall–Kier alpha value is -1.67. The Labute approximate surface area is 123 Å². The van der Waals surface area contributed by atoms with Gasteiger partial charge in [-0.15, -0.1) is 0 Å². The van der Waals surface area contributed by atoms with Crippen molar-refractivity contribution in [3.8, 4) is 0 Å². The molecule has 1 aromatic rings. The van der Waals surface area contributed by atoms with E-state index < -0.39 is 21.9 Å². The number of carbonyl (C=O) groups is 1. The molecule has 6 nitrogen and oxygen atoms in total. The standard InChI is InChI=1S/C13H18FN3O3S/c1-8-10(14)6-9(7-11(8)15)21(19,20)17-5-3-4-12(17)13(18)16-2/h6-7,12H,3-5,15H2,1-2H3,(H,16,18). The van der Waals surface area contributed by atoms with Gasteiger partial charge in [0.1, 0.15) is 11.9 Å². The van der Waals surface area contributed by atoms with Crippen molar-refractivity contribution in [2.75, 3.05) is 19.3 Å². The van der Waals surface area contributed by atoms with Crippen LogP contribution < -0.4 is 11.1 Å². The van der Waals surface area contributed by atoms with Gasteiger partial charge in [0.25, 0.3) is 0 Å². The topological polar surface area (TPSA) is 92.5 Å². The quantitative estimate of drug-likeness (QED) is 0.800. The van der Waals surface area contributed by atoms with Crippen molar-refractivity contribution in [1.82, 2.24) is 9.62 Å². The molecule has 1 aliphatic rings. The molecular weight excluding hydrogens is 297 g/mol. The second kappa shape index (κ2) is 5.61. The first-order valence-electron chi connectivity index (χ1n) is 6.58. The van der Waals surface area contributed by atoms with Gasteiger partial charge >= 0.3 is 0 Å².